The number of benzene rings is 1. The maximum atomic E-state index is 13.1. The van der Waals surface area contributed by atoms with Crippen molar-refractivity contribution in [1.29, 1.82) is 0 Å². The molecule has 1 saturated carbocycles. The van der Waals surface area contributed by atoms with Gasteiger partial charge < -0.3 is 10.5 Å². The van der Waals surface area contributed by atoms with Gasteiger partial charge in [-0.25, -0.2) is 4.39 Å². The molecule has 1 aliphatic rings. The molecular formula is C14H19ClFNO. The van der Waals surface area contributed by atoms with Crippen molar-refractivity contribution >= 4 is 11.6 Å². The fourth-order valence-corrected chi connectivity index (χ4v) is 2.79. The maximum Gasteiger partial charge on any atom is 0.123 e. The normalized spacial score (nSPS) is 23.5. The molecule has 0 aliphatic heterocycles. The first-order chi connectivity index (χ1) is 8.70. The molecule has 4 heteroatoms. The molecule has 18 heavy (non-hydrogen) atoms. The highest BCUT2D eigenvalue weighted by Gasteiger charge is 2.25. The Morgan fingerprint density at radius 1 is 1.33 bits per heavy atom. The van der Waals surface area contributed by atoms with Crippen LogP contribution in [0.15, 0.2) is 18.2 Å². The predicted octanol–water partition coefficient (Wildman–Crippen LogP) is 3.37. The average molecular weight is 272 g/mol. The lowest BCUT2D eigenvalue weighted by Gasteiger charge is -2.17. The molecule has 0 aromatic heterocycles. The second-order valence-electron chi connectivity index (χ2n) is 4.94. The zero-order valence-corrected chi connectivity index (χ0v) is 11.1. The maximum absolute atomic E-state index is 13.1. The third-order valence-electron chi connectivity index (χ3n) is 3.72. The van der Waals surface area contributed by atoms with Crippen molar-refractivity contribution in [2.75, 3.05) is 13.2 Å². The molecule has 2 N–H and O–H groups in total. The molecule has 2 unspecified atom stereocenters. The number of ether oxygens (including phenoxy) is 1. The van der Waals surface area contributed by atoms with Crippen LogP contribution in [0.2, 0.25) is 5.02 Å². The van der Waals surface area contributed by atoms with Gasteiger partial charge in [-0.1, -0.05) is 18.0 Å². The van der Waals surface area contributed by atoms with Gasteiger partial charge >= 0.3 is 0 Å². The minimum atomic E-state index is -0.279. The lowest BCUT2D eigenvalue weighted by molar-refractivity contribution is 0.0752. The molecule has 2 atom stereocenters. The zero-order chi connectivity index (χ0) is 13.0. The van der Waals surface area contributed by atoms with Gasteiger partial charge in [-0.05, 0) is 55.0 Å². The molecule has 1 aromatic carbocycles. The number of rotatable bonds is 5. The van der Waals surface area contributed by atoms with E-state index in [4.69, 9.17) is 22.1 Å². The Morgan fingerprint density at radius 2 is 2.11 bits per heavy atom. The van der Waals surface area contributed by atoms with Crippen molar-refractivity contribution in [3.63, 3.8) is 0 Å². The van der Waals surface area contributed by atoms with Gasteiger partial charge in [0.1, 0.15) is 5.82 Å². The van der Waals surface area contributed by atoms with Crippen molar-refractivity contribution in [3.05, 3.63) is 34.6 Å². The van der Waals surface area contributed by atoms with Crippen molar-refractivity contribution < 1.29 is 9.13 Å². The van der Waals surface area contributed by atoms with Gasteiger partial charge in [0.2, 0.25) is 0 Å². The van der Waals surface area contributed by atoms with E-state index in [0.717, 1.165) is 6.54 Å². The molecule has 0 radical (unpaired) electrons. The van der Waals surface area contributed by atoms with Crippen LogP contribution >= 0.6 is 11.6 Å². The fraction of sp³-hybridized carbons (Fsp3) is 0.571. The summed E-state index contributed by atoms with van der Waals surface area (Å²) < 4.78 is 18.7. The molecule has 1 aromatic rings. The highest BCUT2D eigenvalue weighted by Crippen LogP contribution is 2.31. The monoisotopic (exact) mass is 271 g/mol. The molecule has 100 valence electrons. The topological polar surface area (TPSA) is 35.2 Å². The van der Waals surface area contributed by atoms with Gasteiger partial charge in [0, 0.05) is 5.02 Å². The Labute approximate surface area is 112 Å². The molecule has 2 nitrogen and oxygen atoms in total. The van der Waals surface area contributed by atoms with Crippen LogP contribution in [0.25, 0.3) is 0 Å². The summed E-state index contributed by atoms with van der Waals surface area (Å²) in [6.07, 6.45) is 3.61. The summed E-state index contributed by atoms with van der Waals surface area (Å²) in [6.45, 7) is 1.79. The SMILES string of the molecule is NCC1CCCC1COCc1cc(F)ccc1Cl. The van der Waals surface area contributed by atoms with Crippen molar-refractivity contribution in [2.24, 2.45) is 17.6 Å². The first-order valence-corrected chi connectivity index (χ1v) is 6.80. The van der Waals surface area contributed by atoms with E-state index in [9.17, 15) is 4.39 Å². The lowest BCUT2D eigenvalue weighted by atomic mass is 9.97. The van der Waals surface area contributed by atoms with Crippen molar-refractivity contribution in [1.82, 2.24) is 0 Å². The van der Waals surface area contributed by atoms with Gasteiger partial charge in [-0.3, -0.25) is 0 Å². The summed E-state index contributed by atoms with van der Waals surface area (Å²) in [5.74, 6) is 0.842. The van der Waals surface area contributed by atoms with Crippen LogP contribution in [-0.2, 0) is 11.3 Å². The number of hydrogen-bond donors (Lipinski definition) is 1. The van der Waals surface area contributed by atoms with E-state index < -0.39 is 0 Å². The minimum absolute atomic E-state index is 0.279. The van der Waals surface area contributed by atoms with E-state index in [1.165, 1.54) is 31.4 Å². The smallest absolute Gasteiger partial charge is 0.123 e. The Morgan fingerprint density at radius 3 is 2.89 bits per heavy atom. The Kier molecular flexibility index (Phi) is 4.98. The molecule has 0 bridgehead atoms. The van der Waals surface area contributed by atoms with Crippen LogP contribution in [0.4, 0.5) is 4.39 Å². The summed E-state index contributed by atoms with van der Waals surface area (Å²) in [4.78, 5) is 0. The third kappa shape index (κ3) is 3.44. The van der Waals surface area contributed by atoms with E-state index in [0.29, 0.717) is 35.6 Å². The van der Waals surface area contributed by atoms with E-state index in [-0.39, 0.29) is 5.82 Å². The minimum Gasteiger partial charge on any atom is -0.376 e. The highest BCUT2D eigenvalue weighted by atomic mass is 35.5. The van der Waals surface area contributed by atoms with Crippen molar-refractivity contribution in [3.8, 4) is 0 Å². The molecule has 2 rings (SSSR count). The highest BCUT2D eigenvalue weighted by molar-refractivity contribution is 6.31. The number of hydrogen-bond acceptors (Lipinski definition) is 2. The first-order valence-electron chi connectivity index (χ1n) is 6.42. The van der Waals surface area contributed by atoms with Gasteiger partial charge in [-0.2, -0.15) is 0 Å². The largest absolute Gasteiger partial charge is 0.376 e. The van der Waals surface area contributed by atoms with Crippen LogP contribution in [0.1, 0.15) is 24.8 Å². The standard InChI is InChI=1S/C14H19ClFNO/c15-14-5-4-13(16)6-12(14)9-18-8-11-3-1-2-10(11)7-17/h4-6,10-11H,1-3,7-9,17H2. The van der Waals surface area contributed by atoms with E-state index in [1.54, 1.807) is 6.07 Å². The molecule has 0 saturated heterocycles. The predicted molar refractivity (Wildman–Crippen MR) is 71.0 cm³/mol. The number of halogens is 2. The summed E-state index contributed by atoms with van der Waals surface area (Å²) in [5, 5.41) is 0.554. The van der Waals surface area contributed by atoms with Crippen LogP contribution < -0.4 is 5.73 Å². The summed E-state index contributed by atoms with van der Waals surface area (Å²) in [7, 11) is 0. The van der Waals surface area contributed by atoms with E-state index in [2.05, 4.69) is 0 Å². The van der Waals surface area contributed by atoms with Crippen LogP contribution in [-0.4, -0.2) is 13.2 Å². The Balaban J connectivity index is 1.83. The zero-order valence-electron chi connectivity index (χ0n) is 10.4. The Hall–Kier alpha value is -0.640. The second kappa shape index (κ2) is 6.50. The summed E-state index contributed by atoms with van der Waals surface area (Å²) in [5.41, 5.74) is 6.43. The van der Waals surface area contributed by atoms with E-state index >= 15 is 0 Å². The lowest BCUT2D eigenvalue weighted by Crippen LogP contribution is -2.22. The summed E-state index contributed by atoms with van der Waals surface area (Å²) in [6, 6.07) is 4.35. The summed E-state index contributed by atoms with van der Waals surface area (Å²) >= 11 is 5.98. The molecule has 0 spiro atoms. The van der Waals surface area contributed by atoms with Gasteiger partial charge in [0.25, 0.3) is 0 Å². The molecule has 1 aliphatic carbocycles. The van der Waals surface area contributed by atoms with Crippen LogP contribution in [0, 0.1) is 17.7 Å². The number of nitrogens with two attached hydrogens (primary N) is 1. The van der Waals surface area contributed by atoms with Crippen LogP contribution in [0.5, 0.6) is 0 Å². The van der Waals surface area contributed by atoms with Gasteiger partial charge in [-0.15, -0.1) is 0 Å². The molecular weight excluding hydrogens is 253 g/mol. The third-order valence-corrected chi connectivity index (χ3v) is 4.09. The quantitative estimate of drug-likeness (QED) is 0.891. The first kappa shape index (κ1) is 13.8. The molecule has 0 amide bonds. The van der Waals surface area contributed by atoms with Gasteiger partial charge in [0.05, 0.1) is 13.2 Å². The fourth-order valence-electron chi connectivity index (χ4n) is 2.62. The average Bonchev–Trinajstić information content (AvgIpc) is 2.81. The van der Waals surface area contributed by atoms with E-state index in [1.807, 2.05) is 0 Å². The molecule has 0 heterocycles. The van der Waals surface area contributed by atoms with Crippen LogP contribution in [0.3, 0.4) is 0 Å². The molecule has 1 fully saturated rings. The Bertz CT molecular complexity index is 399. The second-order valence-corrected chi connectivity index (χ2v) is 5.34. The van der Waals surface area contributed by atoms with Gasteiger partial charge in [0.15, 0.2) is 0 Å². The van der Waals surface area contributed by atoms with Crippen molar-refractivity contribution in [2.45, 2.75) is 25.9 Å².